The molecule has 140 valence electrons. The quantitative estimate of drug-likeness (QED) is 0.703. The maximum atomic E-state index is 13.5. The van der Waals surface area contributed by atoms with Gasteiger partial charge in [0, 0.05) is 17.4 Å². The van der Waals surface area contributed by atoms with Gasteiger partial charge in [-0.25, -0.2) is 5.01 Å². The maximum Gasteiger partial charge on any atom is 0.275 e. The Kier molecular flexibility index (Phi) is 3.62. The van der Waals surface area contributed by atoms with E-state index in [0.29, 0.717) is 6.54 Å². The molecular formula is C22H20N4O2. The normalized spacial score (nSPS) is 22.0. The summed E-state index contributed by atoms with van der Waals surface area (Å²) in [5, 5.41) is 6.76. The van der Waals surface area contributed by atoms with E-state index in [4.69, 9.17) is 0 Å². The highest BCUT2D eigenvalue weighted by molar-refractivity contribution is 6.01. The Hall–Kier alpha value is -3.41. The van der Waals surface area contributed by atoms with Crippen molar-refractivity contribution in [3.05, 3.63) is 71.4 Å². The zero-order chi connectivity index (χ0) is 19.3. The van der Waals surface area contributed by atoms with Crippen molar-refractivity contribution in [1.29, 1.82) is 0 Å². The second-order valence-corrected chi connectivity index (χ2v) is 7.41. The van der Waals surface area contributed by atoms with Crippen LogP contribution in [0, 0.1) is 0 Å². The van der Waals surface area contributed by atoms with Gasteiger partial charge in [-0.15, -0.1) is 0 Å². The van der Waals surface area contributed by atoms with Gasteiger partial charge >= 0.3 is 0 Å². The average molecular weight is 372 g/mol. The highest BCUT2D eigenvalue weighted by atomic mass is 16.2. The summed E-state index contributed by atoms with van der Waals surface area (Å²) in [6, 6.07) is 17.6. The fourth-order valence-corrected chi connectivity index (χ4v) is 4.36. The van der Waals surface area contributed by atoms with Gasteiger partial charge in [0.2, 0.25) is 5.91 Å². The van der Waals surface area contributed by atoms with Gasteiger partial charge in [-0.1, -0.05) is 48.5 Å². The fraction of sp³-hybridized carbons (Fsp3) is 0.227. The zero-order valence-electron chi connectivity index (χ0n) is 15.6. The molecule has 1 atom stereocenters. The van der Waals surface area contributed by atoms with Gasteiger partial charge in [-0.2, -0.15) is 5.10 Å². The number of aromatic amines is 1. The largest absolute Gasteiger partial charge is 0.356 e. The van der Waals surface area contributed by atoms with Crippen LogP contribution in [-0.2, 0) is 21.5 Å². The van der Waals surface area contributed by atoms with Gasteiger partial charge in [0.05, 0.1) is 11.9 Å². The molecule has 1 N–H and O–H groups in total. The monoisotopic (exact) mass is 372 g/mol. The highest BCUT2D eigenvalue weighted by Crippen LogP contribution is 2.41. The van der Waals surface area contributed by atoms with E-state index in [2.05, 4.69) is 16.2 Å². The Morgan fingerprint density at radius 1 is 1.07 bits per heavy atom. The molecular weight excluding hydrogens is 352 g/mol. The lowest BCUT2D eigenvalue weighted by Crippen LogP contribution is -2.65. The van der Waals surface area contributed by atoms with E-state index in [9.17, 15) is 9.59 Å². The molecule has 28 heavy (non-hydrogen) atoms. The molecule has 3 heterocycles. The number of aromatic nitrogens is 1. The predicted octanol–water partition coefficient (Wildman–Crippen LogP) is 2.64. The number of amides is 2. The molecule has 5 rings (SSSR count). The minimum atomic E-state index is -1.07. The number of para-hydroxylation sites is 1. The lowest BCUT2D eigenvalue weighted by Gasteiger charge is -2.48. The SMILES string of the molecule is C[C@]12C(=O)N(/N=C\c3ccccc3)CC(=O)N1CCc1c2[nH]c2ccccc12. The third-order valence-corrected chi connectivity index (χ3v) is 5.81. The smallest absolute Gasteiger partial charge is 0.275 e. The van der Waals surface area contributed by atoms with Crippen LogP contribution in [-0.4, -0.2) is 46.0 Å². The van der Waals surface area contributed by atoms with Crippen LogP contribution in [0.4, 0.5) is 0 Å². The minimum Gasteiger partial charge on any atom is -0.356 e. The molecule has 0 unspecified atom stereocenters. The Labute approximate surface area is 162 Å². The molecule has 6 nitrogen and oxygen atoms in total. The van der Waals surface area contributed by atoms with Crippen molar-refractivity contribution in [2.24, 2.45) is 5.10 Å². The van der Waals surface area contributed by atoms with Crippen LogP contribution >= 0.6 is 0 Å². The van der Waals surface area contributed by atoms with Crippen molar-refractivity contribution in [3.63, 3.8) is 0 Å². The molecule has 0 aliphatic carbocycles. The number of nitrogens with zero attached hydrogens (tertiary/aromatic N) is 3. The Morgan fingerprint density at radius 3 is 2.64 bits per heavy atom. The van der Waals surface area contributed by atoms with Crippen LogP contribution in [0.1, 0.15) is 23.7 Å². The zero-order valence-corrected chi connectivity index (χ0v) is 15.6. The van der Waals surface area contributed by atoms with Gasteiger partial charge in [-0.05, 0) is 30.5 Å². The van der Waals surface area contributed by atoms with Crippen LogP contribution in [0.25, 0.3) is 10.9 Å². The summed E-state index contributed by atoms with van der Waals surface area (Å²) in [5.74, 6) is -0.275. The van der Waals surface area contributed by atoms with Crippen molar-refractivity contribution in [3.8, 4) is 0 Å². The van der Waals surface area contributed by atoms with Crippen molar-refractivity contribution >= 4 is 28.9 Å². The number of rotatable bonds is 2. The van der Waals surface area contributed by atoms with E-state index in [1.165, 1.54) is 5.01 Å². The van der Waals surface area contributed by atoms with Crippen molar-refractivity contribution in [1.82, 2.24) is 14.9 Å². The summed E-state index contributed by atoms with van der Waals surface area (Å²) in [5.41, 5.74) is 2.71. The number of hydrogen-bond acceptors (Lipinski definition) is 3. The van der Waals surface area contributed by atoms with Crippen molar-refractivity contribution in [2.45, 2.75) is 18.9 Å². The van der Waals surface area contributed by atoms with E-state index in [1.54, 1.807) is 11.1 Å². The summed E-state index contributed by atoms with van der Waals surface area (Å²) >= 11 is 0. The van der Waals surface area contributed by atoms with Gasteiger partial charge in [0.25, 0.3) is 5.91 Å². The first kappa shape index (κ1) is 16.7. The Balaban J connectivity index is 1.59. The van der Waals surface area contributed by atoms with Gasteiger partial charge < -0.3 is 9.88 Å². The number of fused-ring (bicyclic) bond motifs is 5. The first-order valence-corrected chi connectivity index (χ1v) is 9.40. The lowest BCUT2D eigenvalue weighted by molar-refractivity contribution is -0.165. The van der Waals surface area contributed by atoms with Crippen LogP contribution in [0.2, 0.25) is 0 Å². The van der Waals surface area contributed by atoms with Crippen LogP contribution in [0.15, 0.2) is 59.7 Å². The summed E-state index contributed by atoms with van der Waals surface area (Å²) < 4.78 is 0. The van der Waals surface area contributed by atoms with Gasteiger partial charge in [0.1, 0.15) is 6.54 Å². The molecule has 3 aromatic rings. The molecule has 2 aliphatic heterocycles. The summed E-state index contributed by atoms with van der Waals surface area (Å²) in [4.78, 5) is 31.5. The minimum absolute atomic E-state index is 0.0344. The van der Waals surface area contributed by atoms with E-state index >= 15 is 0 Å². The molecule has 0 bridgehead atoms. The summed E-state index contributed by atoms with van der Waals surface area (Å²) in [7, 11) is 0. The number of carbonyl (C=O) groups excluding carboxylic acids is 2. The third kappa shape index (κ3) is 2.30. The Bertz CT molecular complexity index is 1120. The molecule has 1 saturated heterocycles. The third-order valence-electron chi connectivity index (χ3n) is 5.81. The standard InChI is InChI=1S/C22H20N4O2/c1-22-20-17(16-9-5-6-10-18(16)24-20)11-12-25(22)19(27)14-26(21(22)28)23-13-15-7-3-2-4-8-15/h2-10,13,24H,11-12,14H2,1H3/b23-13-/t22-/m0/s1. The molecule has 1 fully saturated rings. The second kappa shape index (κ2) is 6.05. The topological polar surface area (TPSA) is 68.8 Å². The van der Waals surface area contributed by atoms with Crippen molar-refractivity contribution in [2.75, 3.05) is 13.1 Å². The molecule has 2 aromatic carbocycles. The van der Waals surface area contributed by atoms with Gasteiger partial charge in [-0.3, -0.25) is 9.59 Å². The summed E-state index contributed by atoms with van der Waals surface area (Å²) in [6.07, 6.45) is 2.36. The number of piperazine rings is 1. The molecule has 0 saturated carbocycles. The molecule has 0 radical (unpaired) electrons. The predicted molar refractivity (Wildman–Crippen MR) is 107 cm³/mol. The number of nitrogens with one attached hydrogen (secondary N) is 1. The average Bonchev–Trinajstić information content (AvgIpc) is 3.11. The van der Waals surface area contributed by atoms with Crippen molar-refractivity contribution < 1.29 is 9.59 Å². The first-order chi connectivity index (χ1) is 13.6. The van der Waals surface area contributed by atoms with E-state index in [0.717, 1.165) is 34.1 Å². The fourth-order valence-electron chi connectivity index (χ4n) is 4.36. The second-order valence-electron chi connectivity index (χ2n) is 7.41. The first-order valence-electron chi connectivity index (χ1n) is 9.40. The summed E-state index contributed by atoms with van der Waals surface area (Å²) in [6.45, 7) is 2.32. The Morgan fingerprint density at radius 2 is 1.82 bits per heavy atom. The number of H-pyrrole nitrogens is 1. The molecule has 6 heteroatoms. The molecule has 0 spiro atoms. The molecule has 2 aliphatic rings. The lowest BCUT2D eigenvalue weighted by atomic mass is 9.83. The highest BCUT2D eigenvalue weighted by Gasteiger charge is 2.54. The number of benzene rings is 2. The molecule has 2 amide bonds. The number of carbonyl (C=O) groups is 2. The van der Waals surface area contributed by atoms with E-state index in [1.807, 2.05) is 55.5 Å². The van der Waals surface area contributed by atoms with Crippen LogP contribution in [0.5, 0.6) is 0 Å². The van der Waals surface area contributed by atoms with E-state index in [-0.39, 0.29) is 18.4 Å². The van der Waals surface area contributed by atoms with Gasteiger partial charge in [0.15, 0.2) is 5.54 Å². The van der Waals surface area contributed by atoms with Crippen LogP contribution < -0.4 is 0 Å². The maximum absolute atomic E-state index is 13.5. The number of hydrogen-bond donors (Lipinski definition) is 1. The van der Waals surface area contributed by atoms with E-state index < -0.39 is 5.54 Å². The molecule has 1 aromatic heterocycles. The van der Waals surface area contributed by atoms with Crippen LogP contribution in [0.3, 0.4) is 0 Å². The number of hydrazone groups is 1.